The molecule has 0 atom stereocenters. The number of amides is 1. The van der Waals surface area contributed by atoms with Gasteiger partial charge in [-0.05, 0) is 50.1 Å². The Kier molecular flexibility index (Phi) is 4.07. The van der Waals surface area contributed by atoms with Gasteiger partial charge in [-0.2, -0.15) is 5.10 Å². The van der Waals surface area contributed by atoms with Crippen molar-refractivity contribution in [2.45, 2.75) is 19.8 Å². The fourth-order valence-electron chi connectivity index (χ4n) is 3.85. The lowest BCUT2D eigenvalue weighted by atomic mass is 10.1. The van der Waals surface area contributed by atoms with Gasteiger partial charge in [0.25, 0.3) is 0 Å². The van der Waals surface area contributed by atoms with Gasteiger partial charge in [-0.3, -0.25) is 14.5 Å². The molecule has 1 aliphatic rings. The number of carbonyl (C=O) groups excluding carboxylic acids is 1. The predicted octanol–water partition coefficient (Wildman–Crippen LogP) is 4.50. The van der Waals surface area contributed by atoms with Crippen LogP contribution in [0.4, 0.5) is 5.82 Å². The van der Waals surface area contributed by atoms with E-state index in [9.17, 15) is 4.79 Å². The van der Waals surface area contributed by atoms with Crippen molar-refractivity contribution < 1.29 is 9.21 Å². The average molecular weight is 424 g/mol. The number of oxazole rings is 1. The molecule has 8 heteroatoms. The van der Waals surface area contributed by atoms with E-state index in [1.165, 1.54) is 0 Å². The van der Waals surface area contributed by atoms with Gasteiger partial charge in [0.05, 0.1) is 11.3 Å². The first-order valence-corrected chi connectivity index (χ1v) is 10.5. The number of hydrogen-bond acceptors (Lipinski definition) is 6. The lowest BCUT2D eigenvalue weighted by molar-refractivity contribution is -0.117. The summed E-state index contributed by atoms with van der Waals surface area (Å²) in [6, 6.07) is 9.68. The van der Waals surface area contributed by atoms with Gasteiger partial charge in [-0.25, -0.2) is 9.97 Å². The van der Waals surface area contributed by atoms with Crippen molar-refractivity contribution in [2.24, 2.45) is 13.0 Å². The summed E-state index contributed by atoms with van der Waals surface area (Å²) in [5, 5.41) is 9.15. The van der Waals surface area contributed by atoms with Crippen molar-refractivity contribution in [3.63, 3.8) is 0 Å². The summed E-state index contributed by atoms with van der Waals surface area (Å²) in [5.74, 6) is 1.13. The molecule has 0 unspecified atom stereocenters. The van der Waals surface area contributed by atoms with Crippen LogP contribution in [0.3, 0.4) is 0 Å². The van der Waals surface area contributed by atoms with Gasteiger partial charge in [-0.15, -0.1) is 0 Å². The number of aryl methyl sites for hydroxylation is 2. The zero-order chi connectivity index (χ0) is 21.8. The molecular weight excluding hydrogens is 404 g/mol. The molecule has 1 aliphatic carbocycles. The monoisotopic (exact) mass is 424 g/mol. The minimum Gasteiger partial charge on any atom is -0.436 e. The number of carbonyl (C=O) groups is 1. The summed E-state index contributed by atoms with van der Waals surface area (Å²) in [6.07, 6.45) is 7.29. The summed E-state index contributed by atoms with van der Waals surface area (Å²) < 4.78 is 7.85. The standard InChI is InChI=1S/C24H20N6O2/c1-13-17-11-26-22(28-23(31)14-3-4-14)10-16(17)18(12-25-13)24-27-20-9-15(5-6-21(20)32-24)19-7-8-30(2)29-19/h5-12,14H,3-4H2,1-2H3,(H,26,28,31). The highest BCUT2D eigenvalue weighted by Crippen LogP contribution is 2.34. The normalized spacial score (nSPS) is 13.7. The Morgan fingerprint density at radius 2 is 2.00 bits per heavy atom. The molecule has 1 saturated carbocycles. The number of nitrogens with zero attached hydrogens (tertiary/aromatic N) is 5. The number of hydrogen-bond donors (Lipinski definition) is 1. The Labute approximate surface area is 183 Å². The van der Waals surface area contributed by atoms with E-state index in [0.717, 1.165) is 51.6 Å². The summed E-state index contributed by atoms with van der Waals surface area (Å²) in [4.78, 5) is 25.9. The van der Waals surface area contributed by atoms with Crippen LogP contribution in [0.15, 0.2) is 53.3 Å². The largest absolute Gasteiger partial charge is 0.436 e. The van der Waals surface area contributed by atoms with Crippen molar-refractivity contribution in [1.82, 2.24) is 24.7 Å². The minimum absolute atomic E-state index is 0.0214. The molecule has 32 heavy (non-hydrogen) atoms. The molecule has 4 heterocycles. The Balaban J connectivity index is 1.44. The van der Waals surface area contributed by atoms with Gasteiger partial charge in [0.2, 0.25) is 11.8 Å². The van der Waals surface area contributed by atoms with E-state index in [0.29, 0.717) is 17.3 Å². The second kappa shape index (κ2) is 6.98. The second-order valence-electron chi connectivity index (χ2n) is 8.21. The lowest BCUT2D eigenvalue weighted by Crippen LogP contribution is -2.14. The number of fused-ring (bicyclic) bond motifs is 2. The van der Waals surface area contributed by atoms with Crippen LogP contribution in [0.25, 0.3) is 44.6 Å². The van der Waals surface area contributed by atoms with E-state index in [2.05, 4.69) is 20.4 Å². The summed E-state index contributed by atoms with van der Waals surface area (Å²) >= 11 is 0. The highest BCUT2D eigenvalue weighted by atomic mass is 16.3. The fraction of sp³-hybridized carbons (Fsp3) is 0.208. The van der Waals surface area contributed by atoms with E-state index in [1.54, 1.807) is 17.1 Å². The quantitative estimate of drug-likeness (QED) is 0.456. The number of anilines is 1. The average Bonchev–Trinajstić information content (AvgIpc) is 3.42. The van der Waals surface area contributed by atoms with Crippen LogP contribution in [0.2, 0.25) is 0 Å². The highest BCUT2D eigenvalue weighted by molar-refractivity contribution is 6.00. The smallest absolute Gasteiger partial charge is 0.229 e. The molecule has 1 fully saturated rings. The predicted molar refractivity (Wildman–Crippen MR) is 121 cm³/mol. The molecule has 0 radical (unpaired) electrons. The molecule has 4 aromatic heterocycles. The van der Waals surface area contributed by atoms with Crippen molar-refractivity contribution in [1.29, 1.82) is 0 Å². The zero-order valence-electron chi connectivity index (χ0n) is 17.7. The zero-order valence-corrected chi connectivity index (χ0v) is 17.7. The molecular formula is C24H20N6O2. The van der Waals surface area contributed by atoms with Gasteiger partial charge < -0.3 is 9.73 Å². The molecule has 8 nitrogen and oxygen atoms in total. The van der Waals surface area contributed by atoms with Crippen LogP contribution in [0, 0.1) is 12.8 Å². The van der Waals surface area contributed by atoms with Crippen molar-refractivity contribution >= 4 is 33.6 Å². The third-order valence-corrected chi connectivity index (χ3v) is 5.80. The van der Waals surface area contributed by atoms with Crippen LogP contribution in [0.5, 0.6) is 0 Å². The first-order chi connectivity index (χ1) is 15.5. The summed E-state index contributed by atoms with van der Waals surface area (Å²) in [5.41, 5.74) is 4.89. The van der Waals surface area contributed by atoms with Crippen LogP contribution in [-0.2, 0) is 11.8 Å². The van der Waals surface area contributed by atoms with E-state index >= 15 is 0 Å². The molecule has 1 N–H and O–H groups in total. The lowest BCUT2D eigenvalue weighted by Gasteiger charge is -2.08. The van der Waals surface area contributed by atoms with Gasteiger partial charge >= 0.3 is 0 Å². The summed E-state index contributed by atoms with van der Waals surface area (Å²) in [6.45, 7) is 1.93. The van der Waals surface area contributed by atoms with E-state index in [4.69, 9.17) is 9.40 Å². The Hall–Kier alpha value is -4.07. The molecule has 158 valence electrons. The molecule has 5 aromatic rings. The van der Waals surface area contributed by atoms with Gasteiger partial charge in [-0.1, -0.05) is 0 Å². The third-order valence-electron chi connectivity index (χ3n) is 5.80. The Bertz CT molecular complexity index is 1510. The van der Waals surface area contributed by atoms with E-state index < -0.39 is 0 Å². The van der Waals surface area contributed by atoms with Crippen LogP contribution >= 0.6 is 0 Å². The Morgan fingerprint density at radius 1 is 1.12 bits per heavy atom. The molecule has 0 spiro atoms. The van der Waals surface area contributed by atoms with Crippen LogP contribution in [-0.4, -0.2) is 30.6 Å². The number of pyridine rings is 2. The topological polar surface area (TPSA) is 98.7 Å². The van der Waals surface area contributed by atoms with Crippen LogP contribution < -0.4 is 5.32 Å². The van der Waals surface area contributed by atoms with Gasteiger partial charge in [0.1, 0.15) is 11.3 Å². The van der Waals surface area contributed by atoms with E-state index in [1.807, 2.05) is 50.5 Å². The van der Waals surface area contributed by atoms with E-state index in [-0.39, 0.29) is 11.8 Å². The molecule has 6 rings (SSSR count). The number of benzene rings is 1. The maximum atomic E-state index is 12.2. The maximum Gasteiger partial charge on any atom is 0.229 e. The fourth-order valence-corrected chi connectivity index (χ4v) is 3.85. The molecule has 0 saturated heterocycles. The summed E-state index contributed by atoms with van der Waals surface area (Å²) in [7, 11) is 1.89. The first kappa shape index (κ1) is 18.7. The molecule has 1 amide bonds. The van der Waals surface area contributed by atoms with Crippen LogP contribution in [0.1, 0.15) is 18.5 Å². The maximum absolute atomic E-state index is 12.2. The SMILES string of the molecule is Cc1ncc(-c2nc3cc(-c4ccn(C)n4)ccc3o2)c2cc(NC(=O)C3CC3)ncc12. The van der Waals surface area contributed by atoms with Crippen molar-refractivity contribution in [3.05, 3.63) is 54.6 Å². The number of rotatable bonds is 4. The van der Waals surface area contributed by atoms with Crippen molar-refractivity contribution in [2.75, 3.05) is 5.32 Å². The number of aromatic nitrogens is 5. The molecule has 0 aliphatic heterocycles. The minimum atomic E-state index is 0.0214. The molecule has 1 aromatic carbocycles. The highest BCUT2D eigenvalue weighted by Gasteiger charge is 2.30. The first-order valence-electron chi connectivity index (χ1n) is 10.5. The second-order valence-corrected chi connectivity index (χ2v) is 8.21. The Morgan fingerprint density at radius 3 is 2.78 bits per heavy atom. The molecule has 0 bridgehead atoms. The third kappa shape index (κ3) is 3.20. The van der Waals surface area contributed by atoms with Crippen molar-refractivity contribution in [3.8, 4) is 22.7 Å². The van der Waals surface area contributed by atoms with Gasteiger partial charge in [0.15, 0.2) is 5.58 Å². The van der Waals surface area contributed by atoms with Gasteiger partial charge in [0, 0.05) is 53.6 Å². The number of nitrogens with one attached hydrogen (secondary N) is 1.